The number of fused-ring (bicyclic) bond motifs is 1. The van der Waals surface area contributed by atoms with Crippen LogP contribution >= 0.6 is 24.8 Å². The first-order valence-electron chi connectivity index (χ1n) is 9.17. The van der Waals surface area contributed by atoms with E-state index in [4.69, 9.17) is 5.73 Å². The van der Waals surface area contributed by atoms with Gasteiger partial charge < -0.3 is 20.5 Å². The minimum atomic E-state index is 0. The van der Waals surface area contributed by atoms with Crippen molar-refractivity contribution in [3.63, 3.8) is 0 Å². The molecule has 1 amide bonds. The monoisotopic (exact) mass is 437 g/mol. The number of halogens is 2. The van der Waals surface area contributed by atoms with Gasteiger partial charge in [0.05, 0.1) is 12.4 Å². The van der Waals surface area contributed by atoms with Gasteiger partial charge in [-0.15, -0.1) is 24.8 Å². The van der Waals surface area contributed by atoms with Crippen LogP contribution in [0.4, 0.5) is 5.82 Å². The highest BCUT2D eigenvalue weighted by Gasteiger charge is 2.28. The van der Waals surface area contributed by atoms with Gasteiger partial charge in [0.1, 0.15) is 18.4 Å². The van der Waals surface area contributed by atoms with Crippen molar-refractivity contribution in [1.82, 2.24) is 29.7 Å². The molecule has 0 spiro atoms. The van der Waals surface area contributed by atoms with Gasteiger partial charge >= 0.3 is 0 Å². The van der Waals surface area contributed by atoms with Crippen LogP contribution in [0.2, 0.25) is 0 Å². The molecule has 0 bridgehead atoms. The van der Waals surface area contributed by atoms with Crippen molar-refractivity contribution in [3.8, 4) is 0 Å². The summed E-state index contributed by atoms with van der Waals surface area (Å²) in [6, 6.07) is 8.53. The van der Waals surface area contributed by atoms with E-state index in [-0.39, 0.29) is 43.3 Å². The average Bonchev–Trinajstić information content (AvgIpc) is 3.12. The van der Waals surface area contributed by atoms with Crippen LogP contribution in [0.1, 0.15) is 24.1 Å². The summed E-state index contributed by atoms with van der Waals surface area (Å²) in [5, 5.41) is 3.39. The summed E-state index contributed by atoms with van der Waals surface area (Å²) in [5.74, 6) is 0.361. The summed E-state index contributed by atoms with van der Waals surface area (Å²) in [6.45, 7) is 4.52. The molecule has 3 heterocycles. The van der Waals surface area contributed by atoms with Crippen molar-refractivity contribution >= 4 is 47.7 Å². The number of carbonyl (C=O) groups excluding carboxylic acids is 1. The van der Waals surface area contributed by atoms with Crippen LogP contribution in [0.3, 0.4) is 0 Å². The third kappa shape index (κ3) is 4.60. The number of nitrogens with two attached hydrogens (primary N) is 1. The lowest BCUT2D eigenvalue weighted by atomic mass is 10.0. The van der Waals surface area contributed by atoms with E-state index < -0.39 is 0 Å². The molecule has 4 rings (SSSR count). The Bertz CT molecular complexity index is 961. The molecule has 1 aliphatic rings. The Morgan fingerprint density at radius 3 is 2.69 bits per heavy atom. The maximum atomic E-state index is 13.1. The number of nitrogen functional groups attached to an aromatic ring is 1. The SMILES string of the molecule is CCc1ccc(C2CNCCN2C(=O)Cn2cnc3c(N)ncnc32)cc1.Cl.Cl. The molecule has 1 atom stereocenters. The van der Waals surface area contributed by atoms with E-state index in [1.54, 1.807) is 10.9 Å². The lowest BCUT2D eigenvalue weighted by molar-refractivity contribution is -0.135. The number of aromatic nitrogens is 4. The second kappa shape index (κ2) is 9.87. The number of nitrogens with one attached hydrogen (secondary N) is 1. The van der Waals surface area contributed by atoms with E-state index in [9.17, 15) is 4.79 Å². The molecule has 3 N–H and O–H groups in total. The highest BCUT2D eigenvalue weighted by atomic mass is 35.5. The Morgan fingerprint density at radius 1 is 1.21 bits per heavy atom. The van der Waals surface area contributed by atoms with Gasteiger partial charge in [0.15, 0.2) is 11.5 Å². The molecule has 1 saturated heterocycles. The van der Waals surface area contributed by atoms with Crippen molar-refractivity contribution in [2.45, 2.75) is 25.9 Å². The number of piperazine rings is 1. The maximum Gasteiger partial charge on any atom is 0.243 e. The largest absolute Gasteiger partial charge is 0.382 e. The number of imidazole rings is 1. The quantitative estimate of drug-likeness (QED) is 0.646. The number of carbonyl (C=O) groups is 1. The zero-order valence-electron chi connectivity index (χ0n) is 16.1. The minimum absolute atomic E-state index is 0. The summed E-state index contributed by atoms with van der Waals surface area (Å²) in [5.41, 5.74) is 9.38. The summed E-state index contributed by atoms with van der Waals surface area (Å²) < 4.78 is 1.73. The molecule has 0 radical (unpaired) electrons. The number of anilines is 1. The predicted molar refractivity (Wildman–Crippen MR) is 117 cm³/mol. The van der Waals surface area contributed by atoms with Gasteiger partial charge in [-0.05, 0) is 17.5 Å². The zero-order chi connectivity index (χ0) is 18.8. The lowest BCUT2D eigenvalue weighted by Gasteiger charge is -2.36. The maximum absolute atomic E-state index is 13.1. The van der Waals surface area contributed by atoms with E-state index in [1.807, 2.05) is 4.90 Å². The molecule has 2 aromatic heterocycles. The van der Waals surface area contributed by atoms with Crippen LogP contribution in [0.25, 0.3) is 11.2 Å². The number of nitrogens with zero attached hydrogens (tertiary/aromatic N) is 5. The Hall–Kier alpha value is -2.42. The highest BCUT2D eigenvalue weighted by molar-refractivity contribution is 5.86. The molecule has 1 fully saturated rings. The Kier molecular flexibility index (Phi) is 7.78. The molecule has 1 aliphatic heterocycles. The Morgan fingerprint density at radius 2 is 1.97 bits per heavy atom. The second-order valence-electron chi connectivity index (χ2n) is 6.71. The minimum Gasteiger partial charge on any atom is -0.382 e. The summed E-state index contributed by atoms with van der Waals surface area (Å²) in [4.78, 5) is 27.4. The van der Waals surface area contributed by atoms with Crippen molar-refractivity contribution in [1.29, 1.82) is 0 Å². The molecule has 0 aliphatic carbocycles. The zero-order valence-corrected chi connectivity index (χ0v) is 17.7. The highest BCUT2D eigenvalue weighted by Crippen LogP contribution is 2.24. The van der Waals surface area contributed by atoms with Crippen molar-refractivity contribution in [2.75, 3.05) is 25.4 Å². The van der Waals surface area contributed by atoms with Crippen molar-refractivity contribution in [3.05, 3.63) is 48.0 Å². The normalized spacial score (nSPS) is 16.2. The Balaban J connectivity index is 0.00000150. The molecule has 1 unspecified atom stereocenters. The van der Waals surface area contributed by atoms with Gasteiger partial charge in [-0.2, -0.15) is 0 Å². The second-order valence-corrected chi connectivity index (χ2v) is 6.71. The van der Waals surface area contributed by atoms with E-state index in [2.05, 4.69) is 51.5 Å². The van der Waals surface area contributed by atoms with Crippen LogP contribution in [0.15, 0.2) is 36.9 Å². The van der Waals surface area contributed by atoms with Crippen LogP contribution in [0, 0.1) is 0 Å². The third-order valence-electron chi connectivity index (χ3n) is 5.07. The summed E-state index contributed by atoms with van der Waals surface area (Å²) >= 11 is 0. The first-order valence-corrected chi connectivity index (χ1v) is 9.17. The number of amides is 1. The van der Waals surface area contributed by atoms with Gasteiger partial charge in [0, 0.05) is 19.6 Å². The first-order chi connectivity index (χ1) is 13.2. The average molecular weight is 438 g/mol. The van der Waals surface area contributed by atoms with Crippen LogP contribution in [0.5, 0.6) is 0 Å². The van der Waals surface area contributed by atoms with E-state index in [0.29, 0.717) is 23.5 Å². The number of aryl methyl sites for hydroxylation is 1. The van der Waals surface area contributed by atoms with E-state index >= 15 is 0 Å². The van der Waals surface area contributed by atoms with Gasteiger partial charge in [-0.25, -0.2) is 15.0 Å². The summed E-state index contributed by atoms with van der Waals surface area (Å²) in [6.07, 6.45) is 3.99. The predicted octanol–water partition coefficient (Wildman–Crippen LogP) is 1.99. The number of benzene rings is 1. The molecule has 1 aromatic carbocycles. The summed E-state index contributed by atoms with van der Waals surface area (Å²) in [7, 11) is 0. The van der Waals surface area contributed by atoms with E-state index in [1.165, 1.54) is 11.9 Å². The van der Waals surface area contributed by atoms with Crippen molar-refractivity contribution in [2.24, 2.45) is 0 Å². The topological polar surface area (TPSA) is 102 Å². The third-order valence-corrected chi connectivity index (χ3v) is 5.07. The molecule has 156 valence electrons. The van der Waals surface area contributed by atoms with E-state index in [0.717, 1.165) is 25.1 Å². The van der Waals surface area contributed by atoms with Crippen LogP contribution in [-0.4, -0.2) is 50.0 Å². The molecule has 8 nitrogen and oxygen atoms in total. The standard InChI is InChI=1S/C19H23N7O.2ClH/c1-2-13-3-5-14(6-4-13)15-9-21-7-8-26(15)16(27)10-25-12-24-17-18(20)22-11-23-19(17)25;;/h3-6,11-12,15,21H,2,7-10H2,1H3,(H2,20,22,23);2*1H. The molecule has 0 saturated carbocycles. The molecule has 10 heteroatoms. The molecular formula is C19H25Cl2N7O. The van der Waals surface area contributed by atoms with Crippen LogP contribution in [-0.2, 0) is 17.8 Å². The smallest absolute Gasteiger partial charge is 0.243 e. The van der Waals surface area contributed by atoms with Crippen molar-refractivity contribution < 1.29 is 4.79 Å². The lowest BCUT2D eigenvalue weighted by Crippen LogP contribution is -2.49. The van der Waals surface area contributed by atoms with Gasteiger partial charge in [-0.1, -0.05) is 31.2 Å². The fraction of sp³-hybridized carbons (Fsp3) is 0.368. The molecule has 29 heavy (non-hydrogen) atoms. The van der Waals surface area contributed by atoms with Crippen LogP contribution < -0.4 is 11.1 Å². The Labute approximate surface area is 181 Å². The fourth-order valence-electron chi connectivity index (χ4n) is 3.53. The molecule has 3 aromatic rings. The van der Waals surface area contributed by atoms with Gasteiger partial charge in [-0.3, -0.25) is 4.79 Å². The number of rotatable bonds is 4. The van der Waals surface area contributed by atoms with Gasteiger partial charge in [0.2, 0.25) is 5.91 Å². The first kappa shape index (κ1) is 22.9. The van der Waals surface area contributed by atoms with Gasteiger partial charge in [0.25, 0.3) is 0 Å². The molecular weight excluding hydrogens is 413 g/mol. The number of hydrogen-bond acceptors (Lipinski definition) is 6. The fourth-order valence-corrected chi connectivity index (χ4v) is 3.53. The number of hydrogen-bond donors (Lipinski definition) is 2.